The van der Waals surface area contributed by atoms with Gasteiger partial charge in [-0.1, -0.05) is 12.1 Å². The average molecular weight is 417 g/mol. The molecule has 0 saturated carbocycles. The summed E-state index contributed by atoms with van der Waals surface area (Å²) in [5, 5.41) is 5.63. The number of thioether (sulfide) groups is 1. The maximum atomic E-state index is 12.3. The molecule has 1 aromatic heterocycles. The van der Waals surface area contributed by atoms with Gasteiger partial charge >= 0.3 is 0 Å². The van der Waals surface area contributed by atoms with E-state index < -0.39 is 0 Å². The van der Waals surface area contributed by atoms with Crippen LogP contribution in [0.25, 0.3) is 22.4 Å². The van der Waals surface area contributed by atoms with Crippen molar-refractivity contribution in [3.8, 4) is 11.4 Å². The quantitative estimate of drug-likeness (QED) is 0.390. The maximum Gasteiger partial charge on any atom is 0.234 e. The largest absolute Gasteiger partial charge is 0.338 e. The molecule has 6 nitrogen and oxygen atoms in total. The molecule has 0 radical (unpaired) electrons. The summed E-state index contributed by atoms with van der Waals surface area (Å²) in [5.41, 5.74) is 4.35. The van der Waals surface area contributed by atoms with E-state index in [1.54, 1.807) is 0 Å². The zero-order valence-corrected chi connectivity index (χ0v) is 17.1. The van der Waals surface area contributed by atoms with Crippen molar-refractivity contribution >= 4 is 46.0 Å². The monoisotopic (exact) mass is 416 g/mol. The fraction of sp³-hybridized carbons (Fsp3) is 0.0870. The number of fused-ring (bicyclic) bond motifs is 1. The van der Waals surface area contributed by atoms with Gasteiger partial charge < -0.3 is 15.6 Å². The highest BCUT2D eigenvalue weighted by Crippen LogP contribution is 2.23. The number of imidazole rings is 1. The van der Waals surface area contributed by atoms with E-state index in [-0.39, 0.29) is 11.8 Å². The van der Waals surface area contributed by atoms with Crippen molar-refractivity contribution in [2.24, 2.45) is 0 Å². The van der Waals surface area contributed by atoms with E-state index in [1.807, 2.05) is 72.8 Å². The Hall–Kier alpha value is -3.58. The zero-order valence-electron chi connectivity index (χ0n) is 16.3. The van der Waals surface area contributed by atoms with Crippen molar-refractivity contribution in [2.75, 3.05) is 16.4 Å². The van der Waals surface area contributed by atoms with Gasteiger partial charge in [0.1, 0.15) is 5.82 Å². The molecule has 30 heavy (non-hydrogen) atoms. The van der Waals surface area contributed by atoms with Gasteiger partial charge in [-0.15, -0.1) is 11.8 Å². The first kappa shape index (κ1) is 19.7. The van der Waals surface area contributed by atoms with Crippen LogP contribution < -0.4 is 10.6 Å². The molecular weight excluding hydrogens is 396 g/mol. The van der Waals surface area contributed by atoms with Gasteiger partial charge in [-0.05, 0) is 60.7 Å². The molecule has 0 aliphatic heterocycles. The van der Waals surface area contributed by atoms with Gasteiger partial charge in [0.25, 0.3) is 0 Å². The lowest BCUT2D eigenvalue weighted by Crippen LogP contribution is -2.13. The third-order valence-electron chi connectivity index (χ3n) is 4.38. The zero-order chi connectivity index (χ0) is 20.9. The van der Waals surface area contributed by atoms with Crippen molar-refractivity contribution in [2.45, 2.75) is 11.8 Å². The van der Waals surface area contributed by atoms with Crippen LogP contribution in [-0.2, 0) is 9.59 Å². The van der Waals surface area contributed by atoms with Crippen LogP contribution in [0.4, 0.5) is 11.4 Å². The van der Waals surface area contributed by atoms with E-state index in [0.29, 0.717) is 5.75 Å². The number of anilines is 2. The Labute approximate surface area is 178 Å². The summed E-state index contributed by atoms with van der Waals surface area (Å²) in [6, 6.07) is 22.9. The summed E-state index contributed by atoms with van der Waals surface area (Å²) in [7, 11) is 0. The predicted octanol–water partition coefficient (Wildman–Crippen LogP) is 4.92. The number of aromatic nitrogens is 2. The summed E-state index contributed by atoms with van der Waals surface area (Å²) in [6.45, 7) is 1.47. The molecule has 1 heterocycles. The number of nitrogens with zero attached hydrogens (tertiary/aromatic N) is 1. The van der Waals surface area contributed by atoms with Gasteiger partial charge in [-0.3, -0.25) is 9.59 Å². The highest BCUT2D eigenvalue weighted by molar-refractivity contribution is 8.00. The summed E-state index contributed by atoms with van der Waals surface area (Å²) in [6.07, 6.45) is 0. The fourth-order valence-electron chi connectivity index (χ4n) is 2.98. The molecule has 0 unspecified atom stereocenters. The molecule has 4 aromatic rings. The Bertz CT molecular complexity index is 1150. The van der Waals surface area contributed by atoms with Crippen LogP contribution in [-0.4, -0.2) is 27.5 Å². The second-order valence-corrected chi connectivity index (χ2v) is 7.77. The molecule has 4 rings (SSSR count). The second-order valence-electron chi connectivity index (χ2n) is 6.72. The molecule has 0 aliphatic carbocycles. The number of carbonyl (C=O) groups excluding carboxylic acids is 2. The molecule has 0 aliphatic rings. The Morgan fingerprint density at radius 3 is 2.27 bits per heavy atom. The van der Waals surface area contributed by atoms with E-state index in [9.17, 15) is 9.59 Å². The molecule has 0 spiro atoms. The third kappa shape index (κ3) is 4.87. The lowest BCUT2D eigenvalue weighted by molar-refractivity contribution is -0.114. The second kappa shape index (κ2) is 8.84. The van der Waals surface area contributed by atoms with E-state index in [2.05, 4.69) is 20.6 Å². The van der Waals surface area contributed by atoms with E-state index in [1.165, 1.54) is 18.7 Å². The Kier molecular flexibility index (Phi) is 5.81. The molecule has 0 atom stereocenters. The number of H-pyrrole nitrogens is 1. The van der Waals surface area contributed by atoms with Crippen molar-refractivity contribution in [1.82, 2.24) is 9.97 Å². The molecular formula is C23H20N4O2S. The molecule has 0 saturated heterocycles. The minimum absolute atomic E-state index is 0.0811. The van der Waals surface area contributed by atoms with Gasteiger partial charge in [-0.2, -0.15) is 0 Å². The molecule has 2 amide bonds. The van der Waals surface area contributed by atoms with Crippen LogP contribution in [0.3, 0.4) is 0 Å². The molecule has 7 heteroatoms. The number of hydrogen-bond donors (Lipinski definition) is 3. The number of aromatic amines is 1. The van der Waals surface area contributed by atoms with Gasteiger partial charge in [-0.25, -0.2) is 4.98 Å². The Morgan fingerprint density at radius 2 is 1.57 bits per heavy atom. The SMILES string of the molecule is CC(=O)Nc1ccc(SCC(=O)Nc2ccc(-c3nc4ccccc4[nH]3)cc2)cc1. The number of para-hydroxylation sites is 2. The predicted molar refractivity (Wildman–Crippen MR) is 122 cm³/mol. The molecule has 3 aromatic carbocycles. The van der Waals surface area contributed by atoms with Crippen LogP contribution in [0.2, 0.25) is 0 Å². The number of carbonyl (C=O) groups is 2. The van der Waals surface area contributed by atoms with E-state index in [0.717, 1.165) is 38.7 Å². The van der Waals surface area contributed by atoms with Crippen molar-refractivity contribution in [3.05, 3.63) is 72.8 Å². The summed E-state index contributed by atoms with van der Waals surface area (Å²) >= 11 is 1.44. The van der Waals surface area contributed by atoms with Crippen LogP contribution in [0.5, 0.6) is 0 Å². The normalized spacial score (nSPS) is 10.7. The summed E-state index contributed by atoms with van der Waals surface area (Å²) < 4.78 is 0. The van der Waals surface area contributed by atoms with Gasteiger partial charge in [0.2, 0.25) is 11.8 Å². The number of amides is 2. The van der Waals surface area contributed by atoms with Crippen LogP contribution in [0.15, 0.2) is 77.7 Å². The molecule has 0 bridgehead atoms. The van der Waals surface area contributed by atoms with E-state index in [4.69, 9.17) is 0 Å². The number of nitrogens with one attached hydrogen (secondary N) is 3. The minimum Gasteiger partial charge on any atom is -0.338 e. The maximum absolute atomic E-state index is 12.3. The highest BCUT2D eigenvalue weighted by atomic mass is 32.2. The first-order valence-corrected chi connectivity index (χ1v) is 10.4. The standard InChI is InChI=1S/C23H20N4O2S/c1-15(28)24-17-10-12-19(13-11-17)30-14-22(29)25-18-8-6-16(7-9-18)23-26-20-4-2-3-5-21(20)27-23/h2-13H,14H2,1H3,(H,24,28)(H,25,29)(H,26,27). The lowest BCUT2D eigenvalue weighted by Gasteiger charge is -2.07. The van der Waals surface area contributed by atoms with Crippen molar-refractivity contribution in [1.29, 1.82) is 0 Å². The van der Waals surface area contributed by atoms with Gasteiger partial charge in [0.05, 0.1) is 16.8 Å². The number of hydrogen-bond acceptors (Lipinski definition) is 4. The summed E-state index contributed by atoms with van der Waals surface area (Å²) in [5.74, 6) is 0.904. The smallest absolute Gasteiger partial charge is 0.234 e. The van der Waals surface area contributed by atoms with Crippen LogP contribution in [0, 0.1) is 0 Å². The van der Waals surface area contributed by atoms with Crippen molar-refractivity contribution in [3.63, 3.8) is 0 Å². The molecule has 150 valence electrons. The lowest BCUT2D eigenvalue weighted by atomic mass is 10.2. The first-order valence-electron chi connectivity index (χ1n) is 9.42. The Balaban J connectivity index is 1.32. The fourth-order valence-corrected chi connectivity index (χ4v) is 3.68. The molecule has 0 fully saturated rings. The average Bonchev–Trinajstić information content (AvgIpc) is 3.18. The number of benzene rings is 3. The van der Waals surface area contributed by atoms with Gasteiger partial charge in [0.15, 0.2) is 0 Å². The molecule has 3 N–H and O–H groups in total. The van der Waals surface area contributed by atoms with E-state index >= 15 is 0 Å². The minimum atomic E-state index is -0.110. The Morgan fingerprint density at radius 1 is 0.900 bits per heavy atom. The number of rotatable bonds is 6. The highest BCUT2D eigenvalue weighted by Gasteiger charge is 2.07. The summed E-state index contributed by atoms with van der Waals surface area (Å²) in [4.78, 5) is 32.2. The van der Waals surface area contributed by atoms with Crippen LogP contribution >= 0.6 is 11.8 Å². The third-order valence-corrected chi connectivity index (χ3v) is 5.39. The van der Waals surface area contributed by atoms with Crippen molar-refractivity contribution < 1.29 is 9.59 Å². The first-order chi connectivity index (χ1) is 14.6. The van der Waals surface area contributed by atoms with Crippen LogP contribution in [0.1, 0.15) is 6.92 Å². The topological polar surface area (TPSA) is 86.9 Å². The van der Waals surface area contributed by atoms with Gasteiger partial charge in [0, 0.05) is 28.8 Å².